The number of aromatic nitrogens is 5. The molecule has 3 heterocycles. The molecule has 0 aliphatic heterocycles. The van der Waals surface area contributed by atoms with E-state index in [-0.39, 0.29) is 0 Å². The van der Waals surface area contributed by atoms with Gasteiger partial charge >= 0.3 is 0 Å². The minimum absolute atomic E-state index is 0.370. The summed E-state index contributed by atoms with van der Waals surface area (Å²) in [4.78, 5) is 18.8. The number of hydrogen-bond donors (Lipinski definition) is 0. The highest BCUT2D eigenvalue weighted by Gasteiger charge is 2.09. The van der Waals surface area contributed by atoms with E-state index in [1.807, 2.05) is 43.3 Å². The molecule has 3 aromatic heterocycles. The Hall–Kier alpha value is -2.83. The Morgan fingerprint density at radius 2 is 2.05 bits per heavy atom. The second-order valence-corrected chi connectivity index (χ2v) is 4.38. The molecule has 0 aromatic carbocycles. The lowest BCUT2D eigenvalue weighted by molar-refractivity contribution is 0.642. The third kappa shape index (κ3) is 2.33. The van der Waals surface area contributed by atoms with Crippen LogP contribution in [-0.2, 0) is 0 Å². The van der Waals surface area contributed by atoms with Crippen molar-refractivity contribution in [3.63, 3.8) is 0 Å². The van der Waals surface area contributed by atoms with Gasteiger partial charge in [-0.3, -0.25) is 4.98 Å². The predicted molar refractivity (Wildman–Crippen MR) is 75.9 cm³/mol. The van der Waals surface area contributed by atoms with E-state index in [1.165, 1.54) is 0 Å². The van der Waals surface area contributed by atoms with Crippen LogP contribution in [0.1, 0.15) is 0 Å². The van der Waals surface area contributed by atoms with E-state index >= 15 is 0 Å². The third-order valence-electron chi connectivity index (χ3n) is 2.56. The smallest absolute Gasteiger partial charge is 0.272 e. The Morgan fingerprint density at radius 3 is 2.80 bits per heavy atom. The van der Waals surface area contributed by atoms with Gasteiger partial charge in [0, 0.05) is 26.5 Å². The second-order valence-electron chi connectivity index (χ2n) is 4.38. The molecule has 0 aliphatic carbocycles. The zero-order valence-electron chi connectivity index (χ0n) is 11.2. The summed E-state index contributed by atoms with van der Waals surface area (Å²) < 4.78 is 1.64. The van der Waals surface area contributed by atoms with Gasteiger partial charge in [0.05, 0.1) is 17.7 Å². The summed E-state index contributed by atoms with van der Waals surface area (Å²) in [5.74, 6) is 0.869. The molecule has 7 nitrogen and oxygen atoms in total. The molecule has 3 aromatic rings. The number of fused-ring (bicyclic) bond motifs is 1. The molecule has 100 valence electrons. The number of pyridine rings is 1. The number of rotatable bonds is 3. The van der Waals surface area contributed by atoms with Crippen LogP contribution in [0.2, 0.25) is 0 Å². The van der Waals surface area contributed by atoms with Crippen molar-refractivity contribution < 1.29 is 0 Å². The van der Waals surface area contributed by atoms with Gasteiger partial charge in [0.2, 0.25) is 0 Å². The van der Waals surface area contributed by atoms with E-state index < -0.39 is 0 Å². The quantitative estimate of drug-likeness (QED) is 0.530. The minimum atomic E-state index is 0.370. The van der Waals surface area contributed by atoms with E-state index in [9.17, 15) is 0 Å². The van der Waals surface area contributed by atoms with Crippen molar-refractivity contribution in [2.24, 2.45) is 4.99 Å². The summed E-state index contributed by atoms with van der Waals surface area (Å²) in [7, 11) is 3.77. The van der Waals surface area contributed by atoms with Gasteiger partial charge in [0.1, 0.15) is 0 Å². The lowest BCUT2D eigenvalue weighted by Crippen LogP contribution is -2.07. The highest BCUT2D eigenvalue weighted by molar-refractivity contribution is 5.60. The Morgan fingerprint density at radius 1 is 1.15 bits per heavy atom. The van der Waals surface area contributed by atoms with Crippen LogP contribution in [-0.4, -0.2) is 49.9 Å². The fourth-order valence-electron chi connectivity index (χ4n) is 1.71. The van der Waals surface area contributed by atoms with Crippen LogP contribution in [0.25, 0.3) is 17.2 Å². The molecule has 20 heavy (non-hydrogen) atoms. The van der Waals surface area contributed by atoms with Crippen LogP contribution in [0.5, 0.6) is 0 Å². The fraction of sp³-hybridized carbons (Fsp3) is 0.154. The zero-order chi connectivity index (χ0) is 13.9. The highest BCUT2D eigenvalue weighted by atomic mass is 15.4. The Labute approximate surface area is 115 Å². The van der Waals surface area contributed by atoms with Crippen LogP contribution in [0, 0.1) is 0 Å². The van der Waals surface area contributed by atoms with E-state index in [0.717, 1.165) is 11.4 Å². The van der Waals surface area contributed by atoms with E-state index in [2.05, 4.69) is 25.0 Å². The lowest BCUT2D eigenvalue weighted by Gasteiger charge is -2.01. The Bertz CT molecular complexity index is 746. The van der Waals surface area contributed by atoms with Gasteiger partial charge in [0.15, 0.2) is 0 Å². The normalized spacial score (nSPS) is 11.3. The zero-order valence-corrected chi connectivity index (χ0v) is 11.2. The van der Waals surface area contributed by atoms with Gasteiger partial charge in [0.25, 0.3) is 11.7 Å². The molecule has 0 unspecified atom stereocenters. The highest BCUT2D eigenvalue weighted by Crippen LogP contribution is 2.17. The fourth-order valence-corrected chi connectivity index (χ4v) is 1.71. The third-order valence-corrected chi connectivity index (χ3v) is 2.56. The summed E-state index contributed by atoms with van der Waals surface area (Å²) in [6.07, 6.45) is 5.08. The van der Waals surface area contributed by atoms with Crippen LogP contribution in [0.4, 0.5) is 5.95 Å². The number of hydrogen-bond acceptors (Lipinski definition) is 5. The van der Waals surface area contributed by atoms with Crippen molar-refractivity contribution >= 4 is 18.1 Å². The van der Waals surface area contributed by atoms with Crippen molar-refractivity contribution in [2.75, 3.05) is 14.1 Å². The molecular weight excluding hydrogens is 254 g/mol. The first-order valence-electron chi connectivity index (χ1n) is 6.08. The van der Waals surface area contributed by atoms with Gasteiger partial charge < -0.3 is 4.90 Å². The Kier molecular flexibility index (Phi) is 3.08. The van der Waals surface area contributed by atoms with Gasteiger partial charge in [-0.05, 0) is 18.2 Å². The van der Waals surface area contributed by atoms with Crippen molar-refractivity contribution in [1.29, 1.82) is 0 Å². The molecule has 0 aliphatic rings. The van der Waals surface area contributed by atoms with Gasteiger partial charge in [-0.1, -0.05) is 6.07 Å². The summed E-state index contributed by atoms with van der Waals surface area (Å²) >= 11 is 0. The predicted octanol–water partition coefficient (Wildman–Crippen LogP) is 1.41. The Balaban J connectivity index is 2.11. The average molecular weight is 267 g/mol. The first-order valence-corrected chi connectivity index (χ1v) is 6.08. The first-order chi connectivity index (χ1) is 9.74. The van der Waals surface area contributed by atoms with Gasteiger partial charge in [-0.15, -0.1) is 5.10 Å². The molecule has 0 spiro atoms. The van der Waals surface area contributed by atoms with E-state index in [1.54, 1.807) is 23.2 Å². The maximum atomic E-state index is 4.34. The number of aliphatic imine (C=N–C) groups is 1. The minimum Gasteiger partial charge on any atom is -0.369 e. The average Bonchev–Trinajstić information content (AvgIpc) is 2.89. The van der Waals surface area contributed by atoms with Crippen molar-refractivity contribution in [1.82, 2.24) is 29.5 Å². The molecule has 0 N–H and O–H groups in total. The van der Waals surface area contributed by atoms with Crippen molar-refractivity contribution in [3.8, 4) is 11.4 Å². The van der Waals surface area contributed by atoms with Crippen molar-refractivity contribution in [3.05, 3.63) is 36.7 Å². The van der Waals surface area contributed by atoms with Crippen LogP contribution in [0.15, 0.2) is 41.7 Å². The topological polar surface area (TPSA) is 71.6 Å². The lowest BCUT2D eigenvalue weighted by atomic mass is 10.2. The molecule has 3 rings (SSSR count). The molecule has 0 bridgehead atoms. The molecular formula is C13H13N7. The largest absolute Gasteiger partial charge is 0.369 e. The van der Waals surface area contributed by atoms with Crippen LogP contribution in [0.3, 0.4) is 0 Å². The number of nitrogens with zero attached hydrogens (tertiary/aromatic N) is 7. The monoisotopic (exact) mass is 267 g/mol. The van der Waals surface area contributed by atoms with Crippen molar-refractivity contribution in [2.45, 2.75) is 0 Å². The summed E-state index contributed by atoms with van der Waals surface area (Å²) in [6.45, 7) is 0. The second kappa shape index (κ2) is 5.04. The maximum Gasteiger partial charge on any atom is 0.272 e. The molecule has 0 amide bonds. The van der Waals surface area contributed by atoms with E-state index in [0.29, 0.717) is 11.7 Å². The maximum absolute atomic E-state index is 4.34. The van der Waals surface area contributed by atoms with Gasteiger partial charge in [-0.25, -0.2) is 9.98 Å². The summed E-state index contributed by atoms with van der Waals surface area (Å²) in [5, 5.41) is 4.34. The molecule has 0 fully saturated rings. The molecule has 7 heteroatoms. The molecule has 0 radical (unpaired) electrons. The first kappa shape index (κ1) is 12.2. The van der Waals surface area contributed by atoms with Gasteiger partial charge in [-0.2, -0.15) is 9.50 Å². The van der Waals surface area contributed by atoms with Crippen LogP contribution < -0.4 is 0 Å². The molecule has 0 atom stereocenters. The molecule has 0 saturated heterocycles. The van der Waals surface area contributed by atoms with Crippen LogP contribution >= 0.6 is 0 Å². The summed E-state index contributed by atoms with van der Waals surface area (Å²) in [6, 6.07) is 7.56. The SMILES string of the molecule is CN(C)/C=N/c1nc2nccc(-c3ccccn3)n2n1. The molecule has 0 saturated carbocycles. The van der Waals surface area contributed by atoms with E-state index in [4.69, 9.17) is 0 Å². The standard InChI is InChI=1S/C13H13N7/c1-19(2)9-16-12-17-13-15-8-6-11(20(13)18-12)10-5-3-4-7-14-10/h3-9H,1-2H3/b16-9+. The summed E-state index contributed by atoms with van der Waals surface area (Å²) in [5.41, 5.74) is 1.64.